The molecule has 0 aromatic heterocycles. The van der Waals surface area contributed by atoms with Crippen LogP contribution in [0, 0.1) is 0 Å². The van der Waals surface area contributed by atoms with Crippen molar-refractivity contribution in [2.75, 3.05) is 20.8 Å². The van der Waals surface area contributed by atoms with Gasteiger partial charge in [-0.2, -0.15) is 0 Å². The number of benzene rings is 1. The largest absolute Gasteiger partial charge is 0.497 e. The molecule has 0 aliphatic rings. The molecule has 4 nitrogen and oxygen atoms in total. The van der Waals surface area contributed by atoms with Crippen LogP contribution in [0.15, 0.2) is 36.4 Å². The maximum absolute atomic E-state index is 11.1. The molecule has 0 bridgehead atoms. The van der Waals surface area contributed by atoms with Crippen LogP contribution in [-0.2, 0) is 20.9 Å². The van der Waals surface area contributed by atoms with Gasteiger partial charge in [0.25, 0.3) is 0 Å². The molecule has 1 aromatic rings. The summed E-state index contributed by atoms with van der Waals surface area (Å²) in [5, 5.41) is 0. The normalized spacial score (nSPS) is 10.0. The van der Waals surface area contributed by atoms with E-state index in [-0.39, 0.29) is 5.97 Å². The van der Waals surface area contributed by atoms with E-state index in [0.29, 0.717) is 25.2 Å². The van der Waals surface area contributed by atoms with Crippen molar-refractivity contribution in [2.24, 2.45) is 0 Å². The van der Waals surface area contributed by atoms with Crippen LogP contribution in [0.4, 0.5) is 0 Å². The lowest BCUT2D eigenvalue weighted by Crippen LogP contribution is -2.05. The van der Waals surface area contributed by atoms with Crippen LogP contribution in [0.1, 0.15) is 18.4 Å². The number of rotatable bonds is 8. The van der Waals surface area contributed by atoms with Gasteiger partial charge in [-0.3, -0.25) is 0 Å². The molecule has 0 spiro atoms. The molecule has 0 saturated heterocycles. The molecule has 4 heteroatoms. The van der Waals surface area contributed by atoms with E-state index in [9.17, 15) is 4.79 Å². The lowest BCUT2D eigenvalue weighted by atomic mass is 10.2. The van der Waals surface area contributed by atoms with Gasteiger partial charge < -0.3 is 14.2 Å². The molecule has 0 atom stereocenters. The van der Waals surface area contributed by atoms with Crippen molar-refractivity contribution in [1.29, 1.82) is 0 Å². The Balaban J connectivity index is 2.16. The lowest BCUT2D eigenvalue weighted by Gasteiger charge is -2.06. The highest BCUT2D eigenvalue weighted by Crippen LogP contribution is 2.12. The van der Waals surface area contributed by atoms with Gasteiger partial charge in [-0.05, 0) is 30.5 Å². The summed E-state index contributed by atoms with van der Waals surface area (Å²) in [5.74, 6) is 0.480. The van der Waals surface area contributed by atoms with Crippen molar-refractivity contribution in [1.82, 2.24) is 0 Å². The van der Waals surface area contributed by atoms with Crippen molar-refractivity contribution in [3.63, 3.8) is 0 Å². The van der Waals surface area contributed by atoms with Gasteiger partial charge in [-0.25, -0.2) is 4.79 Å². The average molecular weight is 264 g/mol. The maximum Gasteiger partial charge on any atom is 0.333 e. The van der Waals surface area contributed by atoms with E-state index >= 15 is 0 Å². The zero-order chi connectivity index (χ0) is 14.1. The van der Waals surface area contributed by atoms with Gasteiger partial charge in [0, 0.05) is 12.2 Å². The standard InChI is InChI=1S/C15H20O4/c1-12(15(16)18-3)5-4-10-19-11-13-6-8-14(17-2)9-7-13/h6-9H,1,4-5,10-11H2,2-3H3. The van der Waals surface area contributed by atoms with E-state index in [0.717, 1.165) is 17.7 Å². The quantitative estimate of drug-likeness (QED) is 0.411. The fraction of sp³-hybridized carbons (Fsp3) is 0.400. The first-order valence-corrected chi connectivity index (χ1v) is 6.14. The molecule has 0 radical (unpaired) electrons. The Morgan fingerprint density at radius 1 is 1.21 bits per heavy atom. The Morgan fingerprint density at radius 3 is 2.47 bits per heavy atom. The Morgan fingerprint density at radius 2 is 1.89 bits per heavy atom. The Bertz CT molecular complexity index is 409. The number of carbonyl (C=O) groups is 1. The van der Waals surface area contributed by atoms with Crippen molar-refractivity contribution in [3.05, 3.63) is 42.0 Å². The molecule has 0 saturated carbocycles. The number of carbonyl (C=O) groups excluding carboxylic acids is 1. The van der Waals surface area contributed by atoms with Crippen LogP contribution in [0.5, 0.6) is 5.75 Å². The summed E-state index contributed by atoms with van der Waals surface area (Å²) in [4.78, 5) is 11.1. The fourth-order valence-electron chi connectivity index (χ4n) is 1.55. The smallest absolute Gasteiger partial charge is 0.333 e. The van der Waals surface area contributed by atoms with Crippen LogP contribution in [0.2, 0.25) is 0 Å². The highest BCUT2D eigenvalue weighted by Gasteiger charge is 2.05. The molecule has 19 heavy (non-hydrogen) atoms. The first kappa shape index (κ1) is 15.2. The molecular weight excluding hydrogens is 244 g/mol. The average Bonchev–Trinajstić information content (AvgIpc) is 2.46. The van der Waals surface area contributed by atoms with Gasteiger partial charge in [0.15, 0.2) is 0 Å². The third kappa shape index (κ3) is 5.57. The summed E-state index contributed by atoms with van der Waals surface area (Å²) >= 11 is 0. The molecular formula is C15H20O4. The number of ether oxygens (including phenoxy) is 3. The predicted molar refractivity (Wildman–Crippen MR) is 73.0 cm³/mol. The molecule has 0 unspecified atom stereocenters. The summed E-state index contributed by atoms with van der Waals surface area (Å²) in [6, 6.07) is 7.73. The SMILES string of the molecule is C=C(CCCOCc1ccc(OC)cc1)C(=O)OC. The molecule has 104 valence electrons. The van der Waals surface area contributed by atoms with Gasteiger partial charge in [0.2, 0.25) is 0 Å². The highest BCUT2D eigenvalue weighted by molar-refractivity contribution is 5.87. The lowest BCUT2D eigenvalue weighted by molar-refractivity contribution is -0.136. The third-order valence-electron chi connectivity index (χ3n) is 2.67. The number of esters is 1. The van der Waals surface area contributed by atoms with Crippen molar-refractivity contribution < 1.29 is 19.0 Å². The molecule has 1 aromatic carbocycles. The van der Waals surface area contributed by atoms with Gasteiger partial charge in [-0.15, -0.1) is 0 Å². The molecule has 0 amide bonds. The Hall–Kier alpha value is -1.81. The minimum Gasteiger partial charge on any atom is -0.497 e. The van der Waals surface area contributed by atoms with E-state index in [1.165, 1.54) is 7.11 Å². The summed E-state index contributed by atoms with van der Waals surface area (Å²) in [7, 11) is 2.99. The number of hydrogen-bond acceptors (Lipinski definition) is 4. The number of hydrogen-bond donors (Lipinski definition) is 0. The van der Waals surface area contributed by atoms with Crippen LogP contribution < -0.4 is 4.74 Å². The Kier molecular flexibility index (Phi) is 6.68. The summed E-state index contributed by atoms with van der Waals surface area (Å²) in [6.45, 7) is 4.79. The summed E-state index contributed by atoms with van der Waals surface area (Å²) in [5.41, 5.74) is 1.57. The fourth-order valence-corrected chi connectivity index (χ4v) is 1.55. The molecule has 0 heterocycles. The highest BCUT2D eigenvalue weighted by atomic mass is 16.5. The topological polar surface area (TPSA) is 44.8 Å². The first-order chi connectivity index (χ1) is 9.17. The maximum atomic E-state index is 11.1. The minimum absolute atomic E-state index is 0.352. The van der Waals surface area contributed by atoms with E-state index in [1.54, 1.807) is 7.11 Å². The van der Waals surface area contributed by atoms with E-state index in [1.807, 2.05) is 24.3 Å². The summed E-state index contributed by atoms with van der Waals surface area (Å²) in [6.07, 6.45) is 1.35. The first-order valence-electron chi connectivity index (χ1n) is 6.14. The van der Waals surface area contributed by atoms with Crippen molar-refractivity contribution in [2.45, 2.75) is 19.4 Å². The summed E-state index contributed by atoms with van der Waals surface area (Å²) < 4.78 is 15.2. The second-order valence-corrected chi connectivity index (χ2v) is 4.10. The van der Waals surface area contributed by atoms with Crippen molar-refractivity contribution in [3.8, 4) is 5.75 Å². The van der Waals surface area contributed by atoms with Crippen LogP contribution >= 0.6 is 0 Å². The molecule has 0 fully saturated rings. The zero-order valence-corrected chi connectivity index (χ0v) is 11.5. The van der Waals surface area contributed by atoms with E-state index in [4.69, 9.17) is 9.47 Å². The second-order valence-electron chi connectivity index (χ2n) is 4.10. The van der Waals surface area contributed by atoms with Gasteiger partial charge in [0.05, 0.1) is 20.8 Å². The van der Waals surface area contributed by atoms with Crippen LogP contribution in [0.3, 0.4) is 0 Å². The molecule has 0 aliphatic heterocycles. The third-order valence-corrected chi connectivity index (χ3v) is 2.67. The molecule has 1 rings (SSSR count). The van der Waals surface area contributed by atoms with Crippen LogP contribution in [0.25, 0.3) is 0 Å². The molecule has 0 aliphatic carbocycles. The van der Waals surface area contributed by atoms with Gasteiger partial charge in [-0.1, -0.05) is 18.7 Å². The van der Waals surface area contributed by atoms with E-state index in [2.05, 4.69) is 11.3 Å². The van der Waals surface area contributed by atoms with Gasteiger partial charge >= 0.3 is 5.97 Å². The Labute approximate surface area is 114 Å². The number of methoxy groups -OCH3 is 2. The van der Waals surface area contributed by atoms with Crippen LogP contribution in [-0.4, -0.2) is 26.8 Å². The molecule has 0 N–H and O–H groups in total. The van der Waals surface area contributed by atoms with Crippen molar-refractivity contribution >= 4 is 5.97 Å². The minimum atomic E-state index is -0.352. The monoisotopic (exact) mass is 264 g/mol. The second kappa shape index (κ2) is 8.32. The predicted octanol–water partition coefficient (Wildman–Crippen LogP) is 2.72. The van der Waals surface area contributed by atoms with E-state index < -0.39 is 0 Å². The zero-order valence-electron chi connectivity index (χ0n) is 11.5. The van der Waals surface area contributed by atoms with Gasteiger partial charge in [0.1, 0.15) is 5.75 Å².